The molecule has 0 N–H and O–H groups in total. The molecule has 1 aliphatic heterocycles. The lowest BCUT2D eigenvalue weighted by Crippen LogP contribution is -2.14. The minimum absolute atomic E-state index is 0.519. The van der Waals surface area contributed by atoms with Crippen LogP contribution >= 0.6 is 23.5 Å². The molecular weight excluding hydrogens is 294 g/mol. The Morgan fingerprint density at radius 3 is 2.57 bits per heavy atom. The van der Waals surface area contributed by atoms with E-state index in [1.54, 1.807) is 0 Å². The van der Waals surface area contributed by atoms with Crippen molar-refractivity contribution >= 4 is 23.5 Å². The first-order valence-electron chi connectivity index (χ1n) is 8.04. The Labute approximate surface area is 137 Å². The van der Waals surface area contributed by atoms with E-state index in [4.69, 9.17) is 0 Å². The minimum atomic E-state index is 0.519. The van der Waals surface area contributed by atoms with Gasteiger partial charge in [0.25, 0.3) is 0 Å². The molecule has 0 aliphatic carbocycles. The molecular formula is C18H25NS2. The Morgan fingerprint density at radius 1 is 1.19 bits per heavy atom. The fourth-order valence-corrected chi connectivity index (χ4v) is 5.88. The van der Waals surface area contributed by atoms with Gasteiger partial charge in [0.05, 0.1) is 16.2 Å². The molecule has 1 saturated heterocycles. The second-order valence-electron chi connectivity index (χ2n) is 5.74. The molecule has 0 atom stereocenters. The fourth-order valence-electron chi connectivity index (χ4n) is 2.74. The van der Waals surface area contributed by atoms with Crippen LogP contribution in [-0.4, -0.2) is 11.5 Å². The summed E-state index contributed by atoms with van der Waals surface area (Å²) in [6, 6.07) is 8.83. The van der Waals surface area contributed by atoms with E-state index in [0.29, 0.717) is 4.58 Å². The summed E-state index contributed by atoms with van der Waals surface area (Å²) in [4.78, 5) is 0. The Morgan fingerprint density at radius 2 is 1.95 bits per heavy atom. The van der Waals surface area contributed by atoms with Gasteiger partial charge in [-0.1, -0.05) is 45.2 Å². The average Bonchev–Trinajstić information content (AvgIpc) is 2.55. The summed E-state index contributed by atoms with van der Waals surface area (Å²) in [6.45, 7) is 4.38. The molecule has 1 aromatic rings. The number of thioether (sulfide) groups is 2. The van der Waals surface area contributed by atoms with Gasteiger partial charge in [-0.15, -0.1) is 23.5 Å². The van der Waals surface area contributed by atoms with E-state index in [1.807, 2.05) is 0 Å². The van der Waals surface area contributed by atoms with E-state index < -0.39 is 0 Å². The third-order valence-corrected chi connectivity index (χ3v) is 7.38. The van der Waals surface area contributed by atoms with Gasteiger partial charge in [0.2, 0.25) is 0 Å². The lowest BCUT2D eigenvalue weighted by atomic mass is 10.0. The van der Waals surface area contributed by atoms with E-state index >= 15 is 0 Å². The molecule has 1 fully saturated rings. The minimum Gasteiger partial charge on any atom is -0.192 e. The topological polar surface area (TPSA) is 23.8 Å². The van der Waals surface area contributed by atoms with E-state index in [0.717, 1.165) is 17.9 Å². The zero-order valence-corrected chi connectivity index (χ0v) is 14.7. The van der Waals surface area contributed by atoms with Gasteiger partial charge in [-0.05, 0) is 47.5 Å². The number of hydrogen-bond donors (Lipinski definition) is 0. The first kappa shape index (κ1) is 16.8. The highest BCUT2D eigenvalue weighted by molar-refractivity contribution is 8.16. The molecule has 0 amide bonds. The van der Waals surface area contributed by atoms with Crippen molar-refractivity contribution in [3.05, 3.63) is 34.9 Å². The zero-order valence-electron chi connectivity index (χ0n) is 13.1. The second-order valence-corrected chi connectivity index (χ2v) is 8.32. The lowest BCUT2D eigenvalue weighted by Gasteiger charge is -2.28. The predicted molar refractivity (Wildman–Crippen MR) is 95.8 cm³/mol. The number of hydrogen-bond acceptors (Lipinski definition) is 3. The molecule has 1 heterocycles. The number of nitriles is 1. The standard InChI is InChI=1S/C18H25NS2/c1-3-5-6-7-14-12-20-18(21-13-14)16-9-8-15(4-2)17(10-16)11-19/h8-10,14,18H,3-7,12-13H2,1-2H3. The van der Waals surface area contributed by atoms with Gasteiger partial charge < -0.3 is 0 Å². The van der Waals surface area contributed by atoms with E-state index in [2.05, 4.69) is 61.6 Å². The number of aryl methyl sites for hydroxylation is 1. The van der Waals surface area contributed by atoms with Crippen LogP contribution in [0.5, 0.6) is 0 Å². The van der Waals surface area contributed by atoms with Gasteiger partial charge in [0.1, 0.15) is 0 Å². The Hall–Kier alpha value is -0.590. The first-order chi connectivity index (χ1) is 10.3. The van der Waals surface area contributed by atoms with Crippen molar-refractivity contribution in [2.75, 3.05) is 11.5 Å². The SMILES string of the molecule is CCCCCC1CSC(c2ccc(CC)c(C#N)c2)SC1. The number of benzene rings is 1. The molecule has 21 heavy (non-hydrogen) atoms. The maximum absolute atomic E-state index is 9.27. The van der Waals surface area contributed by atoms with Gasteiger partial charge in [-0.3, -0.25) is 0 Å². The van der Waals surface area contributed by atoms with Gasteiger partial charge in [-0.2, -0.15) is 5.26 Å². The Bertz CT molecular complexity index is 484. The second kappa shape index (κ2) is 8.76. The van der Waals surface area contributed by atoms with Gasteiger partial charge >= 0.3 is 0 Å². The summed E-state index contributed by atoms with van der Waals surface area (Å²) in [5.41, 5.74) is 3.36. The largest absolute Gasteiger partial charge is 0.192 e. The van der Waals surface area contributed by atoms with Crippen molar-refractivity contribution in [1.82, 2.24) is 0 Å². The van der Waals surface area contributed by atoms with Crippen LogP contribution in [-0.2, 0) is 6.42 Å². The third-order valence-electron chi connectivity index (χ3n) is 4.09. The first-order valence-corrected chi connectivity index (χ1v) is 10.1. The molecule has 1 aliphatic rings. The third kappa shape index (κ3) is 4.69. The van der Waals surface area contributed by atoms with Gasteiger partial charge in [0, 0.05) is 0 Å². The van der Waals surface area contributed by atoms with Crippen molar-refractivity contribution in [1.29, 1.82) is 5.26 Å². The van der Waals surface area contributed by atoms with Crippen LogP contribution in [0.1, 0.15) is 60.8 Å². The van der Waals surface area contributed by atoms with Crippen LogP contribution in [0.15, 0.2) is 18.2 Å². The van der Waals surface area contributed by atoms with Crippen LogP contribution in [0.3, 0.4) is 0 Å². The highest BCUT2D eigenvalue weighted by Gasteiger charge is 2.23. The molecule has 3 heteroatoms. The van der Waals surface area contributed by atoms with E-state index in [-0.39, 0.29) is 0 Å². The average molecular weight is 320 g/mol. The smallest absolute Gasteiger partial charge is 0.0994 e. The molecule has 114 valence electrons. The van der Waals surface area contributed by atoms with Crippen molar-refractivity contribution in [2.45, 2.75) is 50.5 Å². The van der Waals surface area contributed by atoms with Crippen LogP contribution < -0.4 is 0 Å². The summed E-state index contributed by atoms with van der Waals surface area (Å²) in [7, 11) is 0. The maximum Gasteiger partial charge on any atom is 0.0994 e. The molecule has 2 rings (SSSR count). The normalized spacial score (nSPS) is 22.0. The number of unbranched alkanes of at least 4 members (excludes halogenated alkanes) is 2. The molecule has 0 spiro atoms. The maximum atomic E-state index is 9.27. The van der Waals surface area contributed by atoms with Crippen molar-refractivity contribution in [3.8, 4) is 6.07 Å². The molecule has 1 aromatic carbocycles. The molecule has 0 radical (unpaired) electrons. The Balaban J connectivity index is 1.92. The quantitative estimate of drug-likeness (QED) is 0.619. The van der Waals surface area contributed by atoms with Crippen LogP contribution in [0.4, 0.5) is 0 Å². The van der Waals surface area contributed by atoms with Crippen LogP contribution in [0.25, 0.3) is 0 Å². The molecule has 1 nitrogen and oxygen atoms in total. The van der Waals surface area contributed by atoms with Crippen LogP contribution in [0, 0.1) is 17.2 Å². The summed E-state index contributed by atoms with van der Waals surface area (Å²) in [5.74, 6) is 3.44. The molecule has 0 unspecified atom stereocenters. The highest BCUT2D eigenvalue weighted by Crippen LogP contribution is 2.46. The monoisotopic (exact) mass is 319 g/mol. The zero-order chi connectivity index (χ0) is 15.1. The lowest BCUT2D eigenvalue weighted by molar-refractivity contribution is 0.546. The van der Waals surface area contributed by atoms with E-state index in [1.165, 1.54) is 48.3 Å². The van der Waals surface area contributed by atoms with Crippen molar-refractivity contribution in [3.63, 3.8) is 0 Å². The van der Waals surface area contributed by atoms with Crippen LogP contribution in [0.2, 0.25) is 0 Å². The summed E-state index contributed by atoms with van der Waals surface area (Å²) >= 11 is 4.14. The molecule has 0 bridgehead atoms. The van der Waals surface area contributed by atoms with Crippen molar-refractivity contribution < 1.29 is 0 Å². The van der Waals surface area contributed by atoms with Gasteiger partial charge in [0.15, 0.2) is 0 Å². The van der Waals surface area contributed by atoms with Gasteiger partial charge in [-0.25, -0.2) is 0 Å². The summed E-state index contributed by atoms with van der Waals surface area (Å²) < 4.78 is 0.519. The number of rotatable bonds is 6. The Kier molecular flexibility index (Phi) is 6.99. The highest BCUT2D eigenvalue weighted by atomic mass is 32.2. The number of nitrogens with zero attached hydrogens (tertiary/aromatic N) is 1. The summed E-state index contributed by atoms with van der Waals surface area (Å²) in [6.07, 6.45) is 6.40. The fraction of sp³-hybridized carbons (Fsp3) is 0.611. The van der Waals surface area contributed by atoms with E-state index in [9.17, 15) is 5.26 Å². The molecule has 0 saturated carbocycles. The summed E-state index contributed by atoms with van der Waals surface area (Å²) in [5, 5.41) is 9.27. The van der Waals surface area contributed by atoms with Crippen molar-refractivity contribution in [2.24, 2.45) is 5.92 Å². The predicted octanol–water partition coefficient (Wildman–Crippen LogP) is 5.80. The molecule has 0 aromatic heterocycles.